The van der Waals surface area contributed by atoms with Crippen molar-refractivity contribution in [2.45, 2.75) is 44.7 Å². The molecule has 0 aliphatic heterocycles. The Bertz CT molecular complexity index is 436. The van der Waals surface area contributed by atoms with Crippen LogP contribution in [0, 0.1) is 5.92 Å². The Kier molecular flexibility index (Phi) is 3.25. The summed E-state index contributed by atoms with van der Waals surface area (Å²) in [7, 11) is 0. The van der Waals surface area contributed by atoms with E-state index in [1.807, 2.05) is 13.0 Å². The fourth-order valence-corrected chi connectivity index (χ4v) is 2.75. The van der Waals surface area contributed by atoms with E-state index in [2.05, 4.69) is 17.0 Å². The van der Waals surface area contributed by atoms with Crippen molar-refractivity contribution in [1.29, 1.82) is 0 Å². The summed E-state index contributed by atoms with van der Waals surface area (Å²) in [5.74, 6) is 0.898. The lowest BCUT2D eigenvalue weighted by Crippen LogP contribution is -2.28. The molecule has 1 aromatic carbocycles. The maximum atomic E-state index is 6.45. The van der Waals surface area contributed by atoms with E-state index in [4.69, 9.17) is 17.3 Å². The first-order valence-electron chi connectivity index (χ1n) is 6.97. The lowest BCUT2D eigenvalue weighted by Gasteiger charge is -2.26. The molecule has 2 aliphatic rings. The summed E-state index contributed by atoms with van der Waals surface area (Å²) in [6, 6.07) is 7.08. The van der Waals surface area contributed by atoms with Crippen LogP contribution in [0.15, 0.2) is 18.2 Å². The summed E-state index contributed by atoms with van der Waals surface area (Å²) in [5.41, 5.74) is 8.22. The highest BCUT2D eigenvalue weighted by atomic mass is 35.5. The number of rotatable bonds is 5. The number of halogens is 1. The van der Waals surface area contributed by atoms with Crippen molar-refractivity contribution < 1.29 is 0 Å². The number of hydrogen-bond acceptors (Lipinski definition) is 2. The number of anilines is 1. The highest BCUT2D eigenvalue weighted by molar-refractivity contribution is 6.33. The first-order valence-corrected chi connectivity index (χ1v) is 7.34. The summed E-state index contributed by atoms with van der Waals surface area (Å²) in [6.45, 7) is 3.18. The summed E-state index contributed by atoms with van der Waals surface area (Å²) >= 11 is 6.45. The molecule has 0 amide bonds. The molecule has 3 rings (SSSR count). The van der Waals surface area contributed by atoms with Gasteiger partial charge in [0.05, 0.1) is 10.7 Å². The van der Waals surface area contributed by atoms with Crippen molar-refractivity contribution in [1.82, 2.24) is 0 Å². The molecule has 0 spiro atoms. The number of benzene rings is 1. The van der Waals surface area contributed by atoms with Crippen LogP contribution in [0.25, 0.3) is 0 Å². The second-order valence-electron chi connectivity index (χ2n) is 5.83. The minimum atomic E-state index is 0.0503. The van der Waals surface area contributed by atoms with Crippen molar-refractivity contribution in [2.75, 3.05) is 11.4 Å². The Morgan fingerprint density at radius 1 is 1.33 bits per heavy atom. The van der Waals surface area contributed by atoms with Gasteiger partial charge < -0.3 is 10.6 Å². The van der Waals surface area contributed by atoms with E-state index in [0.717, 1.165) is 22.5 Å². The zero-order valence-corrected chi connectivity index (χ0v) is 11.7. The van der Waals surface area contributed by atoms with E-state index in [-0.39, 0.29) is 6.04 Å². The largest absolute Gasteiger partial charge is 0.367 e. The predicted octanol–water partition coefficient (Wildman–Crippen LogP) is 3.74. The zero-order chi connectivity index (χ0) is 12.7. The van der Waals surface area contributed by atoms with E-state index in [1.165, 1.54) is 37.9 Å². The molecular formula is C15H21ClN2. The van der Waals surface area contributed by atoms with E-state index >= 15 is 0 Å². The molecule has 1 atom stereocenters. The van der Waals surface area contributed by atoms with E-state index < -0.39 is 0 Å². The zero-order valence-electron chi connectivity index (χ0n) is 10.9. The summed E-state index contributed by atoms with van der Waals surface area (Å²) in [6.07, 6.45) is 5.41. The van der Waals surface area contributed by atoms with Crippen LogP contribution in [0.4, 0.5) is 5.69 Å². The highest BCUT2D eigenvalue weighted by Crippen LogP contribution is 2.40. The fraction of sp³-hybridized carbons (Fsp3) is 0.600. The Morgan fingerprint density at radius 2 is 2.06 bits per heavy atom. The van der Waals surface area contributed by atoms with Crippen LogP contribution in [0.2, 0.25) is 5.02 Å². The van der Waals surface area contributed by atoms with Gasteiger partial charge >= 0.3 is 0 Å². The molecule has 1 aromatic rings. The molecule has 2 nitrogen and oxygen atoms in total. The summed E-state index contributed by atoms with van der Waals surface area (Å²) in [5, 5.41) is 0.859. The minimum Gasteiger partial charge on any atom is -0.367 e. The van der Waals surface area contributed by atoms with Crippen LogP contribution in [0.3, 0.4) is 0 Å². The van der Waals surface area contributed by atoms with Crippen molar-refractivity contribution in [3.63, 3.8) is 0 Å². The number of nitrogens with two attached hydrogens (primary N) is 1. The molecule has 0 radical (unpaired) electrons. The SMILES string of the molecule is CC(N)c1ccc(N(CC2CC2)C2CC2)c(Cl)c1. The average Bonchev–Trinajstić information content (AvgIpc) is 3.19. The molecule has 0 bridgehead atoms. The Hall–Kier alpha value is -0.730. The lowest BCUT2D eigenvalue weighted by atomic mass is 10.1. The normalized spacial score (nSPS) is 20.8. The standard InChI is InChI=1S/C15H21ClN2/c1-10(17)12-4-7-15(14(16)8-12)18(13-5-6-13)9-11-2-3-11/h4,7-8,10-11,13H,2-3,5-6,9,17H2,1H3. The molecule has 0 heterocycles. The van der Waals surface area contributed by atoms with Crippen molar-refractivity contribution in [2.24, 2.45) is 11.7 Å². The highest BCUT2D eigenvalue weighted by Gasteiger charge is 2.34. The maximum absolute atomic E-state index is 6.45. The molecule has 18 heavy (non-hydrogen) atoms. The van der Waals surface area contributed by atoms with Gasteiger partial charge in [-0.1, -0.05) is 17.7 Å². The fourth-order valence-electron chi connectivity index (χ4n) is 2.45. The van der Waals surface area contributed by atoms with Crippen LogP contribution in [0.1, 0.15) is 44.2 Å². The average molecular weight is 265 g/mol. The van der Waals surface area contributed by atoms with E-state index in [0.29, 0.717) is 0 Å². The third-order valence-corrected chi connectivity index (χ3v) is 4.25. The molecule has 1 unspecified atom stereocenters. The van der Waals surface area contributed by atoms with Crippen LogP contribution in [0.5, 0.6) is 0 Å². The molecule has 2 saturated carbocycles. The number of hydrogen-bond donors (Lipinski definition) is 1. The van der Waals surface area contributed by atoms with Crippen LogP contribution in [-0.4, -0.2) is 12.6 Å². The Labute approximate surface area is 114 Å². The van der Waals surface area contributed by atoms with E-state index in [9.17, 15) is 0 Å². The van der Waals surface area contributed by atoms with Gasteiger partial charge in [0.1, 0.15) is 0 Å². The van der Waals surface area contributed by atoms with Gasteiger partial charge in [-0.25, -0.2) is 0 Å². The van der Waals surface area contributed by atoms with Crippen LogP contribution in [-0.2, 0) is 0 Å². The van der Waals surface area contributed by atoms with Crippen LogP contribution < -0.4 is 10.6 Å². The summed E-state index contributed by atoms with van der Waals surface area (Å²) < 4.78 is 0. The molecule has 98 valence electrons. The van der Waals surface area contributed by atoms with Gasteiger partial charge in [-0.15, -0.1) is 0 Å². The van der Waals surface area contributed by atoms with Crippen LogP contribution >= 0.6 is 11.6 Å². The second-order valence-corrected chi connectivity index (χ2v) is 6.23. The Morgan fingerprint density at radius 3 is 2.56 bits per heavy atom. The van der Waals surface area contributed by atoms with Gasteiger partial charge in [0.15, 0.2) is 0 Å². The molecule has 0 aromatic heterocycles. The summed E-state index contributed by atoms with van der Waals surface area (Å²) in [4.78, 5) is 2.52. The molecule has 2 fully saturated rings. The van der Waals surface area contributed by atoms with E-state index in [1.54, 1.807) is 0 Å². The van der Waals surface area contributed by atoms with Gasteiger partial charge in [0, 0.05) is 18.6 Å². The molecular weight excluding hydrogens is 244 g/mol. The maximum Gasteiger partial charge on any atom is 0.0642 e. The molecule has 2 N–H and O–H groups in total. The second kappa shape index (κ2) is 4.75. The van der Waals surface area contributed by atoms with Gasteiger partial charge in [-0.2, -0.15) is 0 Å². The quantitative estimate of drug-likeness (QED) is 0.878. The predicted molar refractivity (Wildman–Crippen MR) is 77.1 cm³/mol. The number of nitrogens with zero attached hydrogens (tertiary/aromatic N) is 1. The van der Waals surface area contributed by atoms with Crippen molar-refractivity contribution >= 4 is 17.3 Å². The van der Waals surface area contributed by atoms with Crippen molar-refractivity contribution in [3.05, 3.63) is 28.8 Å². The lowest BCUT2D eigenvalue weighted by molar-refractivity contribution is 0.718. The van der Waals surface area contributed by atoms with Gasteiger partial charge in [-0.05, 0) is 56.2 Å². The first-order chi connectivity index (χ1) is 8.65. The smallest absolute Gasteiger partial charge is 0.0642 e. The third kappa shape index (κ3) is 2.65. The van der Waals surface area contributed by atoms with Crippen molar-refractivity contribution in [3.8, 4) is 0 Å². The molecule has 0 saturated heterocycles. The third-order valence-electron chi connectivity index (χ3n) is 3.95. The first kappa shape index (κ1) is 12.3. The Balaban J connectivity index is 1.83. The topological polar surface area (TPSA) is 29.3 Å². The monoisotopic (exact) mass is 264 g/mol. The molecule has 3 heteroatoms. The molecule has 2 aliphatic carbocycles. The van der Waals surface area contributed by atoms with Gasteiger partial charge in [0.25, 0.3) is 0 Å². The minimum absolute atomic E-state index is 0.0503. The van der Waals surface area contributed by atoms with Gasteiger partial charge in [0.2, 0.25) is 0 Å². The van der Waals surface area contributed by atoms with Gasteiger partial charge in [-0.3, -0.25) is 0 Å².